The maximum atomic E-state index is 14.0. The monoisotopic (exact) mass is 596 g/mol. The van der Waals surface area contributed by atoms with Gasteiger partial charge in [0.1, 0.15) is 15.5 Å². The fourth-order valence-corrected chi connectivity index (χ4v) is 8.70. The van der Waals surface area contributed by atoms with Crippen molar-refractivity contribution in [3.63, 3.8) is 0 Å². The van der Waals surface area contributed by atoms with Gasteiger partial charge in [-0.1, -0.05) is 34.5 Å². The van der Waals surface area contributed by atoms with Gasteiger partial charge in [-0.2, -0.15) is 4.31 Å². The summed E-state index contributed by atoms with van der Waals surface area (Å²) in [5.74, 6) is -0.178. The standard InChI is InChI=1S/C24H22Cl2N4O4S3/c1-34-18-5-4-17(25)22-21(18)28-24(36-22)30(13-15-8-10-27-11-9-15)23(31)16-3-2-12-29(14-16)37(32,33)20-7-6-19(26)35-20/h4-11,16H,2-3,12-14H2,1H3. The SMILES string of the molecule is COc1ccc(Cl)c2sc(N(Cc3ccncc3)C(=O)C3CCCN(S(=O)(=O)c4ccc(Cl)s4)C3)nc12. The Labute approximate surface area is 232 Å². The van der Waals surface area contributed by atoms with Gasteiger partial charge < -0.3 is 4.74 Å². The van der Waals surface area contributed by atoms with Gasteiger partial charge in [0.05, 0.1) is 33.6 Å². The summed E-state index contributed by atoms with van der Waals surface area (Å²) in [7, 11) is -2.20. The maximum absolute atomic E-state index is 14.0. The first-order chi connectivity index (χ1) is 17.8. The van der Waals surface area contributed by atoms with Crippen LogP contribution in [0.4, 0.5) is 5.13 Å². The summed E-state index contributed by atoms with van der Waals surface area (Å²) in [6, 6.07) is 10.2. The minimum absolute atomic E-state index is 0.0818. The van der Waals surface area contributed by atoms with Crippen LogP contribution in [0.5, 0.6) is 5.75 Å². The Hall–Kier alpha value is -2.28. The van der Waals surface area contributed by atoms with E-state index in [-0.39, 0.29) is 23.2 Å². The zero-order valence-corrected chi connectivity index (χ0v) is 23.6. The lowest BCUT2D eigenvalue weighted by atomic mass is 9.98. The van der Waals surface area contributed by atoms with Crippen molar-refractivity contribution >= 4 is 77.2 Å². The highest BCUT2D eigenvalue weighted by atomic mass is 35.5. The minimum atomic E-state index is -3.75. The number of benzene rings is 1. The van der Waals surface area contributed by atoms with Gasteiger partial charge in [-0.3, -0.25) is 14.7 Å². The highest BCUT2D eigenvalue weighted by molar-refractivity contribution is 7.91. The van der Waals surface area contributed by atoms with Crippen LogP contribution >= 0.6 is 45.9 Å². The molecule has 0 N–H and O–H groups in total. The zero-order valence-electron chi connectivity index (χ0n) is 19.6. The molecule has 4 heterocycles. The van der Waals surface area contributed by atoms with E-state index >= 15 is 0 Å². The Morgan fingerprint density at radius 3 is 2.65 bits per heavy atom. The summed E-state index contributed by atoms with van der Waals surface area (Å²) in [6.45, 7) is 0.684. The molecule has 1 atom stereocenters. The van der Waals surface area contributed by atoms with Crippen LogP contribution in [0, 0.1) is 5.92 Å². The van der Waals surface area contributed by atoms with E-state index in [9.17, 15) is 13.2 Å². The number of methoxy groups -OCH3 is 1. The van der Waals surface area contributed by atoms with Crippen molar-refractivity contribution in [1.29, 1.82) is 0 Å². The largest absolute Gasteiger partial charge is 0.494 e. The fourth-order valence-electron chi connectivity index (χ4n) is 4.28. The van der Waals surface area contributed by atoms with E-state index in [1.165, 1.54) is 21.7 Å². The van der Waals surface area contributed by atoms with Crippen LogP contribution in [0.2, 0.25) is 9.36 Å². The zero-order chi connectivity index (χ0) is 26.2. The third kappa shape index (κ3) is 5.34. The molecule has 0 radical (unpaired) electrons. The predicted octanol–water partition coefficient (Wildman–Crippen LogP) is 5.70. The highest BCUT2D eigenvalue weighted by Gasteiger charge is 2.37. The number of hydrogen-bond donors (Lipinski definition) is 0. The second-order valence-electron chi connectivity index (χ2n) is 8.46. The molecule has 1 aromatic carbocycles. The van der Waals surface area contributed by atoms with Gasteiger partial charge >= 0.3 is 0 Å². The van der Waals surface area contributed by atoms with Crippen molar-refractivity contribution in [3.8, 4) is 5.75 Å². The normalized spacial score (nSPS) is 16.7. The number of rotatable bonds is 7. The summed E-state index contributed by atoms with van der Waals surface area (Å²) in [6.07, 6.45) is 4.46. The third-order valence-corrected chi connectivity index (χ3v) is 11.2. The molecule has 4 aromatic rings. The lowest BCUT2D eigenvalue weighted by Crippen LogP contribution is -2.46. The number of ether oxygens (including phenoxy) is 1. The predicted molar refractivity (Wildman–Crippen MR) is 147 cm³/mol. The van der Waals surface area contributed by atoms with E-state index in [2.05, 4.69) is 4.98 Å². The minimum Gasteiger partial charge on any atom is -0.494 e. The van der Waals surface area contributed by atoms with E-state index < -0.39 is 15.9 Å². The van der Waals surface area contributed by atoms with Crippen molar-refractivity contribution < 1.29 is 17.9 Å². The van der Waals surface area contributed by atoms with E-state index in [1.54, 1.807) is 42.6 Å². The van der Waals surface area contributed by atoms with Gasteiger partial charge in [0.15, 0.2) is 5.13 Å². The van der Waals surface area contributed by atoms with Crippen molar-refractivity contribution in [2.24, 2.45) is 5.92 Å². The fraction of sp³-hybridized carbons (Fsp3) is 0.292. The molecule has 0 aliphatic carbocycles. The number of fused-ring (bicyclic) bond motifs is 1. The Bertz CT molecular complexity index is 1540. The summed E-state index contributed by atoms with van der Waals surface area (Å²) < 4.78 is 34.6. The average Bonchev–Trinajstić information content (AvgIpc) is 3.56. The number of aromatic nitrogens is 2. The number of thiophene rings is 1. The molecule has 1 unspecified atom stereocenters. The number of anilines is 1. The van der Waals surface area contributed by atoms with E-state index in [1.807, 2.05) is 12.1 Å². The van der Waals surface area contributed by atoms with Gasteiger partial charge in [0.2, 0.25) is 5.91 Å². The van der Waals surface area contributed by atoms with Crippen molar-refractivity contribution in [1.82, 2.24) is 14.3 Å². The van der Waals surface area contributed by atoms with Crippen LogP contribution in [0.15, 0.2) is 53.0 Å². The molecule has 5 rings (SSSR count). The van der Waals surface area contributed by atoms with Crippen LogP contribution in [-0.4, -0.2) is 48.8 Å². The van der Waals surface area contributed by atoms with Crippen LogP contribution in [0.3, 0.4) is 0 Å². The second-order valence-corrected chi connectivity index (χ2v) is 13.7. The Morgan fingerprint density at radius 1 is 1.16 bits per heavy atom. The number of nitrogens with zero attached hydrogens (tertiary/aromatic N) is 4. The van der Waals surface area contributed by atoms with Crippen LogP contribution in [0.1, 0.15) is 18.4 Å². The van der Waals surface area contributed by atoms with Gasteiger partial charge in [0.25, 0.3) is 10.0 Å². The molecule has 0 spiro atoms. The number of carbonyl (C=O) groups excluding carboxylic acids is 1. The van der Waals surface area contributed by atoms with Crippen LogP contribution in [-0.2, 0) is 21.4 Å². The topological polar surface area (TPSA) is 92.7 Å². The summed E-state index contributed by atoms with van der Waals surface area (Å²) in [4.78, 5) is 24.4. The summed E-state index contributed by atoms with van der Waals surface area (Å²) in [5, 5.41) is 0.980. The highest BCUT2D eigenvalue weighted by Crippen LogP contribution is 2.40. The van der Waals surface area contributed by atoms with E-state index in [4.69, 9.17) is 32.9 Å². The van der Waals surface area contributed by atoms with Crippen molar-refractivity contribution in [2.45, 2.75) is 23.6 Å². The van der Waals surface area contributed by atoms with Crippen molar-refractivity contribution in [2.75, 3.05) is 25.1 Å². The number of amides is 1. The number of piperidine rings is 1. The van der Waals surface area contributed by atoms with Crippen molar-refractivity contribution in [3.05, 3.63) is 63.7 Å². The molecule has 1 saturated heterocycles. The number of hydrogen-bond acceptors (Lipinski definition) is 8. The molecule has 8 nitrogen and oxygen atoms in total. The van der Waals surface area contributed by atoms with Gasteiger partial charge in [0, 0.05) is 25.5 Å². The molecule has 1 amide bonds. The molecule has 194 valence electrons. The maximum Gasteiger partial charge on any atom is 0.252 e. The van der Waals surface area contributed by atoms with Gasteiger partial charge in [-0.15, -0.1) is 11.3 Å². The van der Waals surface area contributed by atoms with E-state index in [0.717, 1.165) is 16.9 Å². The summed E-state index contributed by atoms with van der Waals surface area (Å²) in [5.41, 5.74) is 1.44. The first-order valence-electron chi connectivity index (χ1n) is 11.4. The Balaban J connectivity index is 1.49. The molecule has 0 bridgehead atoms. The molecule has 13 heteroatoms. The quantitative estimate of drug-likeness (QED) is 0.271. The average molecular weight is 598 g/mol. The third-order valence-electron chi connectivity index (χ3n) is 6.13. The smallest absolute Gasteiger partial charge is 0.252 e. The molecule has 1 fully saturated rings. The summed E-state index contributed by atoms with van der Waals surface area (Å²) >= 11 is 14.7. The van der Waals surface area contributed by atoms with Crippen LogP contribution < -0.4 is 9.64 Å². The molecule has 1 aliphatic heterocycles. The number of pyridine rings is 1. The van der Waals surface area contributed by atoms with Gasteiger partial charge in [-0.25, -0.2) is 13.4 Å². The lowest BCUT2D eigenvalue weighted by Gasteiger charge is -2.33. The molecule has 37 heavy (non-hydrogen) atoms. The second kappa shape index (κ2) is 10.8. The number of thiazole rings is 1. The molecular formula is C24H22Cl2N4O4S3. The lowest BCUT2D eigenvalue weighted by molar-refractivity contribution is -0.123. The number of halogens is 2. The molecule has 1 aliphatic rings. The number of sulfonamides is 1. The number of carbonyl (C=O) groups is 1. The van der Waals surface area contributed by atoms with E-state index in [0.29, 0.717) is 49.8 Å². The molecule has 0 saturated carbocycles. The first-order valence-corrected chi connectivity index (χ1v) is 15.2. The van der Waals surface area contributed by atoms with Crippen LogP contribution in [0.25, 0.3) is 10.2 Å². The van der Waals surface area contributed by atoms with Gasteiger partial charge in [-0.05, 0) is 54.8 Å². The molecule has 3 aromatic heterocycles. The molecular weight excluding hydrogens is 575 g/mol. The Kier molecular flexibility index (Phi) is 7.71. The first kappa shape index (κ1) is 26.3. The Morgan fingerprint density at radius 2 is 1.95 bits per heavy atom.